The number of ether oxygens (including phenoxy) is 1. The Morgan fingerprint density at radius 3 is 2.53 bits per heavy atom. The number of hydrogen-bond donors (Lipinski definition) is 1. The molecule has 2 rings (SSSR count). The smallest absolute Gasteiger partial charge is 0.373 e. The molecule has 1 fully saturated rings. The minimum atomic E-state index is -0.389. The molecule has 174 valence electrons. The zero-order valence-electron chi connectivity index (χ0n) is 18.3. The van der Waals surface area contributed by atoms with Crippen molar-refractivity contribution in [3.63, 3.8) is 0 Å². The Bertz CT molecular complexity index is 640. The third kappa shape index (κ3) is 12.0. The van der Waals surface area contributed by atoms with E-state index in [1.54, 1.807) is 19.3 Å². The molecule has 0 radical (unpaired) electrons. The van der Waals surface area contributed by atoms with Crippen LogP contribution in [0.3, 0.4) is 0 Å². The fourth-order valence-corrected chi connectivity index (χ4v) is 2.99. The Morgan fingerprint density at radius 1 is 1.40 bits per heavy atom. The molecule has 1 aliphatic rings. The second-order valence-electron chi connectivity index (χ2n) is 6.02. The second kappa shape index (κ2) is 19.9. The molecular formula is C20H35N4NiO4P. The molecule has 30 heavy (non-hydrogen) atoms. The Kier molecular flexibility index (Phi) is 20.7. The van der Waals surface area contributed by atoms with E-state index >= 15 is 0 Å². The summed E-state index contributed by atoms with van der Waals surface area (Å²) in [6.07, 6.45) is 4.74. The van der Waals surface area contributed by atoms with E-state index in [-0.39, 0.29) is 49.7 Å². The van der Waals surface area contributed by atoms with Gasteiger partial charge in [0, 0.05) is 19.7 Å². The summed E-state index contributed by atoms with van der Waals surface area (Å²) in [7, 11) is 1.57. The van der Waals surface area contributed by atoms with Crippen molar-refractivity contribution in [1.29, 1.82) is 5.26 Å². The SMILES string of the molecule is CC[C@H]1O[C@@H](n2ccc(NC)nc2=O)C[C@H]1OPOCCC#N.[CH2-]CC.[CH2-]CC.[Ni+2]. The van der Waals surface area contributed by atoms with Crippen molar-refractivity contribution in [2.75, 3.05) is 19.0 Å². The normalized spacial score (nSPS) is 19.7. The van der Waals surface area contributed by atoms with E-state index in [2.05, 4.69) is 24.1 Å². The van der Waals surface area contributed by atoms with Crippen molar-refractivity contribution in [2.45, 2.75) is 71.3 Å². The van der Waals surface area contributed by atoms with Gasteiger partial charge in [0.05, 0.1) is 31.3 Å². The summed E-state index contributed by atoms with van der Waals surface area (Å²) in [6, 6.07) is 3.74. The monoisotopic (exact) mass is 484 g/mol. The van der Waals surface area contributed by atoms with E-state index in [0.29, 0.717) is 25.3 Å². The fraction of sp³-hybridized carbons (Fsp3) is 0.650. The predicted octanol–water partition coefficient (Wildman–Crippen LogP) is 4.26. The summed E-state index contributed by atoms with van der Waals surface area (Å²) in [5.74, 6) is 0.525. The van der Waals surface area contributed by atoms with Crippen molar-refractivity contribution >= 4 is 14.9 Å². The molecule has 1 aromatic rings. The molecule has 0 aliphatic carbocycles. The first-order valence-corrected chi connectivity index (χ1v) is 10.7. The molecule has 1 saturated heterocycles. The van der Waals surface area contributed by atoms with Gasteiger partial charge in [-0.1, -0.05) is 20.8 Å². The van der Waals surface area contributed by atoms with Gasteiger partial charge in [0.15, 0.2) is 9.03 Å². The predicted molar refractivity (Wildman–Crippen MR) is 118 cm³/mol. The molecule has 1 aliphatic heterocycles. The van der Waals surface area contributed by atoms with Crippen molar-refractivity contribution in [1.82, 2.24) is 9.55 Å². The molecule has 10 heteroatoms. The van der Waals surface area contributed by atoms with Crippen molar-refractivity contribution < 1.29 is 30.3 Å². The molecular weight excluding hydrogens is 450 g/mol. The standard InChI is InChI=1S/C14H21N4O4P.2C3H7.Ni/c1-3-10-11(22-23-20-8-4-6-15)9-13(21-10)18-7-5-12(16-2)17-14(18)19;2*1-3-2;/h5,7,10-11,13,23H,3-4,8-9H2,1-2H3,(H,16,17,19);2*1,3H2,2H3;/q;2*-1;+2/t10-,11-,13-;;;/m1.../s1. The quantitative estimate of drug-likeness (QED) is 0.254. The Balaban J connectivity index is 0. The van der Waals surface area contributed by atoms with E-state index in [1.165, 1.54) is 4.57 Å². The molecule has 0 bridgehead atoms. The summed E-state index contributed by atoms with van der Waals surface area (Å²) < 4.78 is 18.4. The number of nitrogens with one attached hydrogen (secondary N) is 1. The maximum atomic E-state index is 12.1. The molecule has 2 heterocycles. The Morgan fingerprint density at radius 2 is 2.03 bits per heavy atom. The van der Waals surface area contributed by atoms with Crippen LogP contribution in [0.25, 0.3) is 0 Å². The van der Waals surface area contributed by atoms with Gasteiger partial charge in [0.2, 0.25) is 0 Å². The van der Waals surface area contributed by atoms with Gasteiger partial charge in [-0.15, -0.1) is 0 Å². The van der Waals surface area contributed by atoms with Crippen LogP contribution in [0.2, 0.25) is 0 Å². The zero-order valence-corrected chi connectivity index (χ0v) is 20.3. The molecule has 4 atom stereocenters. The Labute approximate surface area is 193 Å². The number of rotatable bonds is 8. The van der Waals surface area contributed by atoms with Crippen LogP contribution in [0.5, 0.6) is 0 Å². The van der Waals surface area contributed by atoms with E-state index in [1.807, 2.05) is 26.8 Å². The maximum absolute atomic E-state index is 12.1. The third-order valence-electron chi connectivity index (χ3n) is 3.55. The average molecular weight is 485 g/mol. The van der Waals surface area contributed by atoms with Crippen molar-refractivity contribution in [3.05, 3.63) is 36.6 Å². The van der Waals surface area contributed by atoms with Crippen LogP contribution in [-0.2, 0) is 30.3 Å². The summed E-state index contributed by atoms with van der Waals surface area (Å²) in [5.41, 5.74) is -0.356. The number of anilines is 1. The van der Waals surface area contributed by atoms with Gasteiger partial charge in [0.25, 0.3) is 0 Å². The first-order valence-electron chi connectivity index (χ1n) is 9.92. The summed E-state index contributed by atoms with van der Waals surface area (Å²) in [5, 5.41) is 11.3. The van der Waals surface area contributed by atoms with Gasteiger partial charge in [-0.2, -0.15) is 23.1 Å². The van der Waals surface area contributed by atoms with Gasteiger partial charge in [0.1, 0.15) is 12.0 Å². The number of nitriles is 1. The Hall–Kier alpha value is -1.03. The summed E-state index contributed by atoms with van der Waals surface area (Å²) in [4.78, 5) is 16.0. The fourth-order valence-electron chi connectivity index (χ4n) is 2.36. The van der Waals surface area contributed by atoms with E-state index in [0.717, 1.165) is 19.3 Å². The first kappa shape index (κ1) is 31.2. The average Bonchev–Trinajstić information content (AvgIpc) is 3.11. The number of aromatic nitrogens is 2. The van der Waals surface area contributed by atoms with Crippen LogP contribution in [0, 0.1) is 25.2 Å². The molecule has 1 unspecified atom stereocenters. The molecule has 1 N–H and O–H groups in total. The van der Waals surface area contributed by atoms with Crippen LogP contribution in [0.15, 0.2) is 17.1 Å². The second-order valence-corrected chi connectivity index (χ2v) is 6.71. The summed E-state index contributed by atoms with van der Waals surface area (Å²) in [6.45, 7) is 13.4. The van der Waals surface area contributed by atoms with Gasteiger partial charge < -0.3 is 32.9 Å². The first-order chi connectivity index (χ1) is 14.0. The minimum absolute atomic E-state index is 0. The third-order valence-corrected chi connectivity index (χ3v) is 4.27. The topological polar surface area (TPSA) is 98.4 Å². The molecule has 0 saturated carbocycles. The largest absolute Gasteiger partial charge is 2.00 e. The maximum Gasteiger partial charge on any atom is 2.00 e. The molecule has 8 nitrogen and oxygen atoms in total. The molecule has 0 aromatic carbocycles. The zero-order chi connectivity index (χ0) is 22.1. The van der Waals surface area contributed by atoms with Gasteiger partial charge in [-0.3, -0.25) is 4.57 Å². The van der Waals surface area contributed by atoms with E-state index < -0.39 is 0 Å². The van der Waals surface area contributed by atoms with E-state index in [4.69, 9.17) is 19.0 Å². The van der Waals surface area contributed by atoms with Crippen molar-refractivity contribution in [2.24, 2.45) is 0 Å². The van der Waals surface area contributed by atoms with Crippen LogP contribution in [-0.4, -0.2) is 35.4 Å². The molecule has 0 spiro atoms. The summed E-state index contributed by atoms with van der Waals surface area (Å²) >= 11 is 0. The van der Waals surface area contributed by atoms with Crippen LogP contribution >= 0.6 is 9.03 Å². The number of hydrogen-bond acceptors (Lipinski definition) is 7. The van der Waals surface area contributed by atoms with Gasteiger partial charge >= 0.3 is 22.2 Å². The number of nitrogens with zero attached hydrogens (tertiary/aromatic N) is 3. The van der Waals surface area contributed by atoms with Crippen LogP contribution < -0.4 is 11.0 Å². The minimum Gasteiger partial charge on any atom is -0.373 e. The molecule has 1 aromatic heterocycles. The van der Waals surface area contributed by atoms with Gasteiger partial charge in [-0.25, -0.2) is 4.79 Å². The van der Waals surface area contributed by atoms with E-state index in [9.17, 15) is 4.79 Å². The van der Waals surface area contributed by atoms with Crippen LogP contribution in [0.4, 0.5) is 5.82 Å². The van der Waals surface area contributed by atoms with Crippen molar-refractivity contribution in [3.8, 4) is 6.07 Å². The van der Waals surface area contributed by atoms with Gasteiger partial charge in [-0.05, 0) is 12.5 Å². The molecule has 0 amide bonds. The van der Waals surface area contributed by atoms with Crippen LogP contribution in [0.1, 0.15) is 59.1 Å².